The normalized spacial score (nSPS) is 10.4. The molecule has 0 atom stereocenters. The van der Waals surface area contributed by atoms with Gasteiger partial charge < -0.3 is 9.52 Å². The average molecular weight is 232 g/mol. The monoisotopic (exact) mass is 232 g/mol. The van der Waals surface area contributed by atoms with E-state index in [9.17, 15) is 14.4 Å². The maximum atomic E-state index is 11.6. The number of aliphatic carboxylic acids is 1. The topological polar surface area (TPSA) is 84.6 Å². The minimum absolute atomic E-state index is 0.000741. The maximum absolute atomic E-state index is 11.6. The summed E-state index contributed by atoms with van der Waals surface area (Å²) in [5.41, 5.74) is 0.527. The summed E-state index contributed by atoms with van der Waals surface area (Å²) < 4.78 is 5.22. The molecule has 2 aromatic rings. The third kappa shape index (κ3) is 2.23. The molecule has 1 N–H and O–H groups in total. The zero-order chi connectivity index (χ0) is 12.4. The number of benzene rings is 1. The van der Waals surface area contributed by atoms with Crippen LogP contribution in [0.2, 0.25) is 0 Å². The molecule has 86 valence electrons. The molecule has 0 amide bonds. The Morgan fingerprint density at radius 2 is 1.88 bits per heavy atom. The number of hydrogen-bond donors (Lipinski definition) is 1. The number of fused-ring (bicyclic) bond motifs is 1. The van der Waals surface area contributed by atoms with Gasteiger partial charge in [0.05, 0.1) is 6.42 Å². The Balaban J connectivity index is 2.25. The van der Waals surface area contributed by atoms with Crippen LogP contribution >= 0.6 is 0 Å². The number of carbonyl (C=O) groups is 3. The van der Waals surface area contributed by atoms with E-state index in [4.69, 9.17) is 9.52 Å². The number of carbonyl (C=O) groups excluding carboxylic acids is 2. The minimum atomic E-state index is -1.62. The molecule has 0 aliphatic heterocycles. The molecule has 2 rings (SSSR count). The summed E-state index contributed by atoms with van der Waals surface area (Å²) in [5.74, 6) is -3.39. The quantitative estimate of drug-likeness (QED) is 0.492. The van der Waals surface area contributed by atoms with Crippen LogP contribution in [0.15, 0.2) is 34.7 Å². The van der Waals surface area contributed by atoms with Crippen molar-refractivity contribution in [2.24, 2.45) is 0 Å². The molecule has 0 saturated heterocycles. The van der Waals surface area contributed by atoms with Crippen LogP contribution in [-0.2, 0) is 9.59 Å². The highest BCUT2D eigenvalue weighted by atomic mass is 16.4. The lowest BCUT2D eigenvalue weighted by molar-refractivity contribution is -0.148. The molecule has 0 fully saturated rings. The van der Waals surface area contributed by atoms with Crippen LogP contribution in [0.5, 0.6) is 0 Å². The van der Waals surface area contributed by atoms with Gasteiger partial charge in [-0.3, -0.25) is 9.59 Å². The molecule has 1 aromatic heterocycles. The van der Waals surface area contributed by atoms with Crippen molar-refractivity contribution in [3.63, 3.8) is 0 Å². The molecule has 0 radical (unpaired) electrons. The molecule has 5 nitrogen and oxygen atoms in total. The average Bonchev–Trinajstić information content (AvgIpc) is 2.72. The molecular formula is C12H8O5. The summed E-state index contributed by atoms with van der Waals surface area (Å²) in [7, 11) is 0. The van der Waals surface area contributed by atoms with E-state index in [2.05, 4.69) is 0 Å². The van der Waals surface area contributed by atoms with E-state index < -0.39 is 24.0 Å². The van der Waals surface area contributed by atoms with Crippen molar-refractivity contribution in [1.82, 2.24) is 0 Å². The van der Waals surface area contributed by atoms with Crippen LogP contribution in [0.1, 0.15) is 17.0 Å². The Morgan fingerprint density at radius 3 is 2.53 bits per heavy atom. The molecule has 0 aliphatic carbocycles. The number of rotatable bonds is 4. The first kappa shape index (κ1) is 11.1. The molecule has 5 heteroatoms. The highest BCUT2D eigenvalue weighted by molar-refractivity contribution is 6.37. The molecule has 0 aliphatic rings. The van der Waals surface area contributed by atoms with Gasteiger partial charge in [-0.25, -0.2) is 4.79 Å². The Labute approximate surface area is 95.6 Å². The third-order valence-corrected chi connectivity index (χ3v) is 2.26. The van der Waals surface area contributed by atoms with Crippen molar-refractivity contribution >= 4 is 28.5 Å². The summed E-state index contributed by atoms with van der Waals surface area (Å²) in [5, 5.41) is 9.12. The fourth-order valence-corrected chi connectivity index (χ4v) is 1.43. The van der Waals surface area contributed by atoms with E-state index in [0.717, 1.165) is 5.39 Å². The van der Waals surface area contributed by atoms with E-state index in [1.807, 2.05) is 0 Å². The van der Waals surface area contributed by atoms with Crippen molar-refractivity contribution in [3.05, 3.63) is 36.1 Å². The van der Waals surface area contributed by atoms with Crippen molar-refractivity contribution in [2.45, 2.75) is 6.42 Å². The number of carboxylic acids is 1. The van der Waals surface area contributed by atoms with Crippen LogP contribution < -0.4 is 0 Å². The summed E-state index contributed by atoms with van der Waals surface area (Å²) in [6, 6.07) is 8.48. The Bertz CT molecular complexity index is 575. The van der Waals surface area contributed by atoms with Crippen LogP contribution in [0.4, 0.5) is 0 Å². The first-order valence-electron chi connectivity index (χ1n) is 4.86. The fourth-order valence-electron chi connectivity index (χ4n) is 1.43. The molecule has 0 saturated carbocycles. The van der Waals surface area contributed by atoms with Gasteiger partial charge >= 0.3 is 5.97 Å². The van der Waals surface area contributed by atoms with Crippen molar-refractivity contribution in [1.29, 1.82) is 0 Å². The first-order chi connectivity index (χ1) is 8.08. The van der Waals surface area contributed by atoms with Gasteiger partial charge in [-0.05, 0) is 12.1 Å². The van der Waals surface area contributed by atoms with Gasteiger partial charge in [0.1, 0.15) is 5.58 Å². The molecule has 17 heavy (non-hydrogen) atoms. The van der Waals surface area contributed by atoms with Crippen molar-refractivity contribution in [3.8, 4) is 0 Å². The number of furan rings is 1. The predicted octanol–water partition coefficient (Wildman–Crippen LogP) is 1.66. The Morgan fingerprint density at radius 1 is 1.18 bits per heavy atom. The van der Waals surface area contributed by atoms with E-state index in [0.29, 0.717) is 5.58 Å². The van der Waals surface area contributed by atoms with Gasteiger partial charge in [-0.2, -0.15) is 0 Å². The summed E-state index contributed by atoms with van der Waals surface area (Å²) in [6.07, 6.45) is -0.685. The molecular weight excluding hydrogens is 224 g/mol. The van der Waals surface area contributed by atoms with Gasteiger partial charge in [0.25, 0.3) is 0 Å². The second kappa shape index (κ2) is 4.21. The van der Waals surface area contributed by atoms with Gasteiger partial charge in [0, 0.05) is 5.39 Å². The number of hydrogen-bond acceptors (Lipinski definition) is 4. The van der Waals surface area contributed by atoms with Crippen molar-refractivity contribution < 1.29 is 23.9 Å². The van der Waals surface area contributed by atoms with Gasteiger partial charge in [-0.1, -0.05) is 18.2 Å². The second-order valence-corrected chi connectivity index (χ2v) is 3.48. The summed E-state index contributed by atoms with van der Waals surface area (Å²) in [6.45, 7) is 0. The minimum Gasteiger partial charge on any atom is -0.475 e. The number of carboxylic acid groups (broad SMARTS) is 1. The van der Waals surface area contributed by atoms with Gasteiger partial charge in [0.15, 0.2) is 5.76 Å². The van der Waals surface area contributed by atoms with E-state index >= 15 is 0 Å². The van der Waals surface area contributed by atoms with Gasteiger partial charge in [0.2, 0.25) is 11.6 Å². The zero-order valence-corrected chi connectivity index (χ0v) is 8.67. The summed E-state index contributed by atoms with van der Waals surface area (Å²) >= 11 is 0. The summed E-state index contributed by atoms with van der Waals surface area (Å²) in [4.78, 5) is 32.7. The van der Waals surface area contributed by atoms with Gasteiger partial charge in [-0.15, -0.1) is 0 Å². The number of Topliss-reactive ketones (excluding diaryl/α,β-unsaturated/α-hetero) is 2. The van der Waals surface area contributed by atoms with Crippen molar-refractivity contribution in [2.75, 3.05) is 0 Å². The third-order valence-electron chi connectivity index (χ3n) is 2.26. The van der Waals surface area contributed by atoms with E-state index in [1.165, 1.54) is 6.07 Å². The molecule has 0 unspecified atom stereocenters. The standard InChI is InChI=1S/C12H8O5/c13-8(6-9(14)12(15)16)11-5-7-3-1-2-4-10(7)17-11/h1-5H,6H2,(H,15,16). The largest absolute Gasteiger partial charge is 0.475 e. The zero-order valence-electron chi connectivity index (χ0n) is 8.67. The molecule has 0 bridgehead atoms. The van der Waals surface area contributed by atoms with E-state index in [1.54, 1.807) is 24.3 Å². The predicted molar refractivity (Wildman–Crippen MR) is 57.8 cm³/mol. The lowest BCUT2D eigenvalue weighted by atomic mass is 10.1. The number of ketones is 2. The van der Waals surface area contributed by atoms with Crippen LogP contribution in [0.3, 0.4) is 0 Å². The number of para-hydroxylation sites is 1. The van der Waals surface area contributed by atoms with Crippen LogP contribution in [0, 0.1) is 0 Å². The van der Waals surface area contributed by atoms with Crippen LogP contribution in [-0.4, -0.2) is 22.6 Å². The van der Waals surface area contributed by atoms with Crippen LogP contribution in [0.25, 0.3) is 11.0 Å². The molecule has 0 spiro atoms. The molecule has 1 aromatic carbocycles. The second-order valence-electron chi connectivity index (χ2n) is 3.48. The first-order valence-corrected chi connectivity index (χ1v) is 4.86. The Kier molecular flexibility index (Phi) is 2.74. The SMILES string of the molecule is O=C(O)C(=O)CC(=O)c1cc2ccccc2o1. The highest BCUT2D eigenvalue weighted by Gasteiger charge is 2.20. The smallest absolute Gasteiger partial charge is 0.372 e. The highest BCUT2D eigenvalue weighted by Crippen LogP contribution is 2.19. The fraction of sp³-hybridized carbons (Fsp3) is 0.0833. The maximum Gasteiger partial charge on any atom is 0.372 e. The van der Waals surface area contributed by atoms with E-state index in [-0.39, 0.29) is 5.76 Å². The lowest BCUT2D eigenvalue weighted by Crippen LogP contribution is -2.16. The Hall–Kier alpha value is -2.43. The lowest BCUT2D eigenvalue weighted by Gasteiger charge is -1.92. The molecule has 1 heterocycles.